The van der Waals surface area contributed by atoms with Gasteiger partial charge >= 0.3 is 0 Å². The third-order valence-electron chi connectivity index (χ3n) is 4.56. The van der Waals surface area contributed by atoms with Crippen molar-refractivity contribution < 1.29 is 9.32 Å². The van der Waals surface area contributed by atoms with Gasteiger partial charge in [0.1, 0.15) is 11.6 Å². The fourth-order valence-electron chi connectivity index (χ4n) is 2.68. The molecule has 3 rings (SSSR count). The second-order valence-electron chi connectivity index (χ2n) is 9.46. The zero-order valence-corrected chi connectivity index (χ0v) is 18.6. The van der Waals surface area contributed by atoms with E-state index in [2.05, 4.69) is 36.2 Å². The van der Waals surface area contributed by atoms with Gasteiger partial charge in [0.05, 0.1) is 17.6 Å². The molecular weight excluding hydrogens is 378 g/mol. The Morgan fingerprint density at radius 1 is 1.07 bits per heavy atom. The number of rotatable bonds is 4. The largest absolute Gasteiger partial charge is 0.359 e. The normalized spacial score (nSPS) is 12.5. The van der Waals surface area contributed by atoms with E-state index in [0.29, 0.717) is 17.4 Å². The van der Waals surface area contributed by atoms with Crippen molar-refractivity contribution in [3.05, 3.63) is 53.4 Å². The van der Waals surface area contributed by atoms with E-state index in [9.17, 15) is 4.79 Å². The Morgan fingerprint density at radius 3 is 2.30 bits per heavy atom. The Morgan fingerprint density at radius 2 is 1.73 bits per heavy atom. The number of benzene rings is 1. The van der Waals surface area contributed by atoms with Crippen LogP contribution in [0.4, 0.5) is 11.6 Å². The van der Waals surface area contributed by atoms with Crippen LogP contribution in [0.15, 0.2) is 45.9 Å². The number of aliphatic imine (C=N–C) groups is 1. The molecule has 158 valence electrons. The molecule has 0 atom stereocenters. The average molecular weight is 408 g/mol. The monoisotopic (exact) mass is 407 g/mol. The summed E-state index contributed by atoms with van der Waals surface area (Å²) in [6.45, 7) is 14.3. The molecule has 7 nitrogen and oxygen atoms in total. The van der Waals surface area contributed by atoms with Crippen molar-refractivity contribution in [2.24, 2.45) is 4.99 Å². The summed E-state index contributed by atoms with van der Waals surface area (Å²) in [5.74, 6) is 1.28. The molecule has 7 heteroatoms. The number of aryl methyl sites for hydroxylation is 1. The number of hydrogen-bond acceptors (Lipinski definition) is 5. The van der Waals surface area contributed by atoms with Crippen molar-refractivity contribution in [1.29, 1.82) is 0 Å². The van der Waals surface area contributed by atoms with E-state index in [1.165, 1.54) is 6.21 Å². The third-order valence-corrected chi connectivity index (χ3v) is 4.56. The predicted octanol–water partition coefficient (Wildman–Crippen LogP) is 5.10. The maximum Gasteiger partial charge on any atom is 0.268 e. The molecule has 2 aromatic heterocycles. The summed E-state index contributed by atoms with van der Waals surface area (Å²) in [6.07, 6.45) is 1.20. The number of aromatic nitrogens is 3. The highest BCUT2D eigenvalue weighted by molar-refractivity contribution is 6.32. The SMILES string of the molecule is Cc1ccc(-n2nc(C(C)(C)C)cc2NC(=O)C=Nc2cc(C(C)(C)C)on2)cc1. The molecule has 0 spiro atoms. The Bertz CT molecular complexity index is 1060. The van der Waals surface area contributed by atoms with Gasteiger partial charge in [-0.05, 0) is 19.1 Å². The lowest BCUT2D eigenvalue weighted by atomic mass is 9.92. The molecule has 0 aliphatic carbocycles. The van der Waals surface area contributed by atoms with Gasteiger partial charge in [0.25, 0.3) is 5.91 Å². The highest BCUT2D eigenvalue weighted by Crippen LogP contribution is 2.27. The Balaban J connectivity index is 1.84. The first kappa shape index (κ1) is 21.5. The molecule has 0 saturated heterocycles. The Hall–Kier alpha value is -3.22. The summed E-state index contributed by atoms with van der Waals surface area (Å²) < 4.78 is 7.03. The minimum atomic E-state index is -0.371. The number of nitrogens with zero attached hydrogens (tertiary/aromatic N) is 4. The van der Waals surface area contributed by atoms with Crippen LogP contribution >= 0.6 is 0 Å². The van der Waals surface area contributed by atoms with Crippen molar-refractivity contribution in [2.45, 2.75) is 59.3 Å². The summed E-state index contributed by atoms with van der Waals surface area (Å²) in [4.78, 5) is 16.7. The lowest BCUT2D eigenvalue weighted by Crippen LogP contribution is -2.15. The minimum absolute atomic E-state index is 0.159. The highest BCUT2D eigenvalue weighted by atomic mass is 16.5. The van der Waals surface area contributed by atoms with E-state index in [1.54, 1.807) is 10.7 Å². The molecule has 1 N–H and O–H groups in total. The summed E-state index contributed by atoms with van der Waals surface area (Å²) in [5.41, 5.74) is 2.57. The minimum Gasteiger partial charge on any atom is -0.359 e. The Kier molecular flexibility index (Phi) is 5.65. The molecule has 2 heterocycles. The standard InChI is InChI=1S/C23H29N5O2/c1-15-8-10-16(11-9-15)28-20(12-17(26-28)22(2,3)4)25-21(29)14-24-19-13-18(30-27-19)23(5,6)7/h8-14H,1-7H3,(H,25,29). The summed E-state index contributed by atoms with van der Waals surface area (Å²) in [7, 11) is 0. The van der Waals surface area contributed by atoms with E-state index < -0.39 is 0 Å². The third kappa shape index (κ3) is 5.03. The number of carbonyl (C=O) groups is 1. The lowest BCUT2D eigenvalue weighted by Gasteiger charge is -2.14. The highest BCUT2D eigenvalue weighted by Gasteiger charge is 2.22. The van der Waals surface area contributed by atoms with Gasteiger partial charge in [-0.3, -0.25) is 4.79 Å². The van der Waals surface area contributed by atoms with Crippen molar-refractivity contribution in [2.75, 3.05) is 5.32 Å². The second-order valence-corrected chi connectivity index (χ2v) is 9.46. The van der Waals surface area contributed by atoms with Crippen molar-refractivity contribution in [3.8, 4) is 5.69 Å². The van der Waals surface area contributed by atoms with Crippen molar-refractivity contribution >= 4 is 23.8 Å². The predicted molar refractivity (Wildman–Crippen MR) is 119 cm³/mol. The van der Waals surface area contributed by atoms with E-state index >= 15 is 0 Å². The van der Waals surface area contributed by atoms with Gasteiger partial charge in [0, 0.05) is 23.0 Å². The van der Waals surface area contributed by atoms with Gasteiger partial charge in [-0.1, -0.05) is 64.4 Å². The maximum absolute atomic E-state index is 12.5. The maximum atomic E-state index is 12.5. The summed E-state index contributed by atoms with van der Waals surface area (Å²) in [5, 5.41) is 11.5. The van der Waals surface area contributed by atoms with Gasteiger partial charge in [-0.2, -0.15) is 5.10 Å². The molecule has 1 aromatic carbocycles. The molecule has 1 amide bonds. The van der Waals surface area contributed by atoms with Gasteiger partial charge < -0.3 is 9.84 Å². The molecule has 0 bridgehead atoms. The van der Waals surface area contributed by atoms with Crippen LogP contribution in [0.25, 0.3) is 5.69 Å². The number of amides is 1. The van der Waals surface area contributed by atoms with Crippen LogP contribution in [0.2, 0.25) is 0 Å². The van der Waals surface area contributed by atoms with Gasteiger partial charge in [0.2, 0.25) is 0 Å². The number of carbonyl (C=O) groups excluding carboxylic acids is 1. The molecule has 30 heavy (non-hydrogen) atoms. The van der Waals surface area contributed by atoms with Crippen molar-refractivity contribution in [1.82, 2.24) is 14.9 Å². The smallest absolute Gasteiger partial charge is 0.268 e. The number of nitrogens with one attached hydrogen (secondary N) is 1. The zero-order chi connectivity index (χ0) is 22.1. The molecular formula is C23H29N5O2. The molecule has 3 aromatic rings. The van der Waals surface area contributed by atoms with Crippen LogP contribution in [-0.4, -0.2) is 27.1 Å². The second kappa shape index (κ2) is 7.89. The Labute approximate surface area is 177 Å². The molecule has 0 radical (unpaired) electrons. The molecule has 0 aliphatic heterocycles. The van der Waals surface area contributed by atoms with Crippen LogP contribution in [0, 0.1) is 6.92 Å². The zero-order valence-electron chi connectivity index (χ0n) is 18.6. The lowest BCUT2D eigenvalue weighted by molar-refractivity contribution is -0.110. The van der Waals surface area contributed by atoms with E-state index in [-0.39, 0.29) is 16.7 Å². The first-order chi connectivity index (χ1) is 13.9. The average Bonchev–Trinajstić information content (AvgIpc) is 3.27. The van der Waals surface area contributed by atoms with Crippen molar-refractivity contribution in [3.63, 3.8) is 0 Å². The van der Waals surface area contributed by atoms with Crippen LogP contribution in [0.3, 0.4) is 0 Å². The van der Waals surface area contributed by atoms with Gasteiger partial charge in [0.15, 0.2) is 5.82 Å². The molecule has 0 saturated carbocycles. The van der Waals surface area contributed by atoms with Crippen LogP contribution in [-0.2, 0) is 15.6 Å². The first-order valence-corrected chi connectivity index (χ1v) is 9.93. The summed E-state index contributed by atoms with van der Waals surface area (Å²) >= 11 is 0. The van der Waals surface area contributed by atoms with Crippen LogP contribution < -0.4 is 5.32 Å². The van der Waals surface area contributed by atoms with E-state index in [0.717, 1.165) is 16.9 Å². The molecule has 0 unspecified atom stereocenters. The van der Waals surface area contributed by atoms with E-state index in [4.69, 9.17) is 9.62 Å². The topological polar surface area (TPSA) is 85.3 Å². The molecule has 0 fully saturated rings. The molecule has 0 aliphatic rings. The fraction of sp³-hybridized carbons (Fsp3) is 0.391. The van der Waals surface area contributed by atoms with Gasteiger partial charge in [-0.15, -0.1) is 0 Å². The van der Waals surface area contributed by atoms with Gasteiger partial charge in [-0.25, -0.2) is 9.67 Å². The number of anilines is 1. The van der Waals surface area contributed by atoms with E-state index in [1.807, 2.05) is 58.0 Å². The quantitative estimate of drug-likeness (QED) is 0.609. The number of hydrogen-bond donors (Lipinski definition) is 1. The first-order valence-electron chi connectivity index (χ1n) is 9.93. The van der Waals surface area contributed by atoms with Crippen LogP contribution in [0.1, 0.15) is 58.6 Å². The van der Waals surface area contributed by atoms with Crippen LogP contribution in [0.5, 0.6) is 0 Å². The fourth-order valence-corrected chi connectivity index (χ4v) is 2.68. The summed E-state index contributed by atoms with van der Waals surface area (Å²) in [6, 6.07) is 11.6.